The van der Waals surface area contributed by atoms with Crippen LogP contribution < -0.4 is 9.62 Å². The van der Waals surface area contributed by atoms with E-state index in [0.717, 1.165) is 18.9 Å². The first-order valence-corrected chi connectivity index (χ1v) is 9.97. The molecule has 1 aliphatic rings. The number of anilines is 2. The van der Waals surface area contributed by atoms with Gasteiger partial charge in [-0.3, -0.25) is 14.4 Å². The smallest absolute Gasteiger partial charge is 0.293 e. The van der Waals surface area contributed by atoms with Gasteiger partial charge in [0.1, 0.15) is 5.69 Å². The van der Waals surface area contributed by atoms with Crippen molar-refractivity contribution in [1.29, 1.82) is 0 Å². The number of nitro benzene ring substituents is 1. The molecule has 1 N–H and O–H groups in total. The molecule has 1 saturated carbocycles. The number of nitrogens with zero attached hydrogens (tertiary/aromatic N) is 2. The summed E-state index contributed by atoms with van der Waals surface area (Å²) in [7, 11) is -3.89. The van der Waals surface area contributed by atoms with Gasteiger partial charge in [0, 0.05) is 19.2 Å². The molecular weight excluding hydrogens is 354 g/mol. The summed E-state index contributed by atoms with van der Waals surface area (Å²) in [5.74, 6) is 0.548. The van der Waals surface area contributed by atoms with Crippen LogP contribution in [0, 0.1) is 16.0 Å². The minimum atomic E-state index is -3.89. The Hall–Kier alpha value is -2.61. The number of benzene rings is 2. The molecule has 0 saturated heterocycles. The predicted octanol–water partition coefficient (Wildman–Crippen LogP) is 3.63. The van der Waals surface area contributed by atoms with Crippen LogP contribution in [0.1, 0.15) is 19.8 Å². The molecule has 2 aromatic carbocycles. The molecule has 1 fully saturated rings. The van der Waals surface area contributed by atoms with Crippen molar-refractivity contribution in [2.75, 3.05) is 22.7 Å². The van der Waals surface area contributed by atoms with Crippen molar-refractivity contribution in [2.24, 2.45) is 5.92 Å². The molecule has 0 aromatic heterocycles. The minimum Gasteiger partial charge on any atom is -0.379 e. The van der Waals surface area contributed by atoms with Crippen LogP contribution in [0.25, 0.3) is 0 Å². The highest BCUT2D eigenvalue weighted by Gasteiger charge is 2.28. The summed E-state index contributed by atoms with van der Waals surface area (Å²) in [5, 5.41) is 14.5. The van der Waals surface area contributed by atoms with Crippen molar-refractivity contribution >= 4 is 27.1 Å². The van der Waals surface area contributed by atoms with Crippen LogP contribution >= 0.6 is 0 Å². The van der Waals surface area contributed by atoms with E-state index in [4.69, 9.17) is 0 Å². The largest absolute Gasteiger partial charge is 0.379 e. The van der Waals surface area contributed by atoms with Crippen LogP contribution in [0.5, 0.6) is 0 Å². The van der Waals surface area contributed by atoms with Crippen LogP contribution in [0.4, 0.5) is 17.1 Å². The maximum atomic E-state index is 13.0. The van der Waals surface area contributed by atoms with Gasteiger partial charge in [-0.1, -0.05) is 18.2 Å². The van der Waals surface area contributed by atoms with E-state index >= 15 is 0 Å². The lowest BCUT2D eigenvalue weighted by atomic mass is 10.2. The van der Waals surface area contributed by atoms with E-state index in [-0.39, 0.29) is 17.1 Å². The molecule has 0 spiro atoms. The van der Waals surface area contributed by atoms with Gasteiger partial charge in [0.2, 0.25) is 0 Å². The summed E-state index contributed by atoms with van der Waals surface area (Å²) in [6, 6.07) is 12.7. The van der Waals surface area contributed by atoms with Crippen molar-refractivity contribution in [3.8, 4) is 0 Å². The van der Waals surface area contributed by atoms with Gasteiger partial charge in [-0.15, -0.1) is 0 Å². The summed E-state index contributed by atoms with van der Waals surface area (Å²) in [5.41, 5.74) is 0.646. The van der Waals surface area contributed by atoms with Gasteiger partial charge in [-0.05, 0) is 49.9 Å². The van der Waals surface area contributed by atoms with Crippen molar-refractivity contribution < 1.29 is 13.3 Å². The van der Waals surface area contributed by atoms with Gasteiger partial charge in [0.25, 0.3) is 15.7 Å². The quantitative estimate of drug-likeness (QED) is 0.562. The average molecular weight is 375 g/mol. The Labute approximate surface area is 152 Å². The lowest BCUT2D eigenvalue weighted by Crippen LogP contribution is -2.30. The third kappa shape index (κ3) is 3.80. The Morgan fingerprint density at radius 2 is 1.88 bits per heavy atom. The zero-order valence-electron chi connectivity index (χ0n) is 14.5. The van der Waals surface area contributed by atoms with Gasteiger partial charge in [-0.25, -0.2) is 8.42 Å². The third-order valence-corrected chi connectivity index (χ3v) is 6.26. The van der Waals surface area contributed by atoms with Crippen LogP contribution in [-0.4, -0.2) is 26.4 Å². The molecular formula is C18H21N3O4S. The van der Waals surface area contributed by atoms with E-state index in [1.807, 2.05) is 0 Å². The number of hydrogen-bond acceptors (Lipinski definition) is 5. The number of rotatable bonds is 8. The molecule has 0 aliphatic heterocycles. The van der Waals surface area contributed by atoms with Crippen LogP contribution in [0.3, 0.4) is 0 Å². The standard InChI is InChI=1S/C18H21N3O4S/c1-2-20(15-6-4-3-5-7-15)26(24,25)16-10-11-17(18(12-16)21(22)23)19-13-14-8-9-14/h3-7,10-12,14,19H,2,8-9,13H2,1H3. The summed E-state index contributed by atoms with van der Waals surface area (Å²) in [6.07, 6.45) is 2.24. The Morgan fingerprint density at radius 1 is 1.19 bits per heavy atom. The molecule has 0 heterocycles. The lowest BCUT2D eigenvalue weighted by molar-refractivity contribution is -0.384. The molecule has 1 aliphatic carbocycles. The van der Waals surface area contributed by atoms with Crippen molar-refractivity contribution in [3.63, 3.8) is 0 Å². The van der Waals surface area contributed by atoms with E-state index < -0.39 is 14.9 Å². The van der Waals surface area contributed by atoms with E-state index in [1.165, 1.54) is 16.4 Å². The fourth-order valence-electron chi connectivity index (χ4n) is 2.76. The van der Waals surface area contributed by atoms with Crippen LogP contribution in [0.2, 0.25) is 0 Å². The zero-order chi connectivity index (χ0) is 18.7. The maximum Gasteiger partial charge on any atom is 0.293 e. The lowest BCUT2D eigenvalue weighted by Gasteiger charge is -2.23. The van der Waals surface area contributed by atoms with E-state index in [0.29, 0.717) is 23.8 Å². The molecule has 3 rings (SSSR count). The molecule has 0 bridgehead atoms. The Balaban J connectivity index is 1.95. The second kappa shape index (κ2) is 7.33. The number of hydrogen-bond donors (Lipinski definition) is 1. The first-order chi connectivity index (χ1) is 12.4. The average Bonchev–Trinajstić information content (AvgIpc) is 3.45. The topological polar surface area (TPSA) is 92.6 Å². The van der Waals surface area contributed by atoms with Crippen molar-refractivity contribution in [1.82, 2.24) is 0 Å². The van der Waals surface area contributed by atoms with E-state index in [2.05, 4.69) is 5.32 Å². The van der Waals surface area contributed by atoms with Crippen molar-refractivity contribution in [2.45, 2.75) is 24.7 Å². The summed E-state index contributed by atoms with van der Waals surface area (Å²) < 4.78 is 27.3. The second-order valence-corrected chi connectivity index (χ2v) is 8.13. The summed E-state index contributed by atoms with van der Waals surface area (Å²) in [6.45, 7) is 2.62. The maximum absolute atomic E-state index is 13.0. The highest BCUT2D eigenvalue weighted by molar-refractivity contribution is 7.92. The van der Waals surface area contributed by atoms with Crippen LogP contribution in [0.15, 0.2) is 53.4 Å². The molecule has 8 heteroatoms. The number of nitrogens with one attached hydrogen (secondary N) is 1. The Kier molecular flexibility index (Phi) is 5.13. The van der Waals surface area contributed by atoms with Gasteiger partial charge < -0.3 is 5.32 Å². The van der Waals surface area contributed by atoms with Crippen molar-refractivity contribution in [3.05, 3.63) is 58.6 Å². The first-order valence-electron chi connectivity index (χ1n) is 8.53. The predicted molar refractivity (Wildman–Crippen MR) is 101 cm³/mol. The summed E-state index contributed by atoms with van der Waals surface area (Å²) in [4.78, 5) is 10.8. The molecule has 2 aromatic rings. The molecule has 7 nitrogen and oxygen atoms in total. The number of para-hydroxylation sites is 1. The monoisotopic (exact) mass is 375 g/mol. The first kappa shape index (κ1) is 18.2. The minimum absolute atomic E-state index is 0.0909. The molecule has 26 heavy (non-hydrogen) atoms. The zero-order valence-corrected chi connectivity index (χ0v) is 15.3. The van der Waals surface area contributed by atoms with Gasteiger partial charge in [-0.2, -0.15) is 0 Å². The van der Waals surface area contributed by atoms with E-state index in [9.17, 15) is 18.5 Å². The molecule has 0 unspecified atom stereocenters. The van der Waals surface area contributed by atoms with Gasteiger partial charge in [0.15, 0.2) is 0 Å². The SMILES string of the molecule is CCN(c1ccccc1)S(=O)(=O)c1ccc(NCC2CC2)c([N+](=O)[O-])c1. The fraction of sp³-hybridized carbons (Fsp3) is 0.333. The summed E-state index contributed by atoms with van der Waals surface area (Å²) >= 11 is 0. The van der Waals surface area contributed by atoms with Crippen LogP contribution in [-0.2, 0) is 10.0 Å². The fourth-order valence-corrected chi connectivity index (χ4v) is 4.26. The second-order valence-electron chi connectivity index (χ2n) is 6.27. The number of sulfonamides is 1. The Bertz CT molecular complexity index is 896. The normalized spacial score (nSPS) is 14.0. The molecule has 138 valence electrons. The molecule has 0 atom stereocenters. The highest BCUT2D eigenvalue weighted by atomic mass is 32.2. The molecule has 0 radical (unpaired) electrons. The number of nitro groups is 1. The highest BCUT2D eigenvalue weighted by Crippen LogP contribution is 2.33. The van der Waals surface area contributed by atoms with Gasteiger partial charge in [0.05, 0.1) is 15.5 Å². The van der Waals surface area contributed by atoms with Gasteiger partial charge >= 0.3 is 0 Å². The molecule has 0 amide bonds. The van der Waals surface area contributed by atoms with E-state index in [1.54, 1.807) is 37.3 Å². The third-order valence-electron chi connectivity index (χ3n) is 4.36. The Morgan fingerprint density at radius 3 is 2.46 bits per heavy atom.